The number of hydrogen-bond acceptors (Lipinski definition) is 44. The van der Waals surface area contributed by atoms with Crippen LogP contribution in [0.25, 0.3) is 0 Å². The summed E-state index contributed by atoms with van der Waals surface area (Å²) < 4.78 is 84.5. The van der Waals surface area contributed by atoms with Gasteiger partial charge in [0.1, 0.15) is 146 Å². The lowest BCUT2D eigenvalue weighted by molar-refractivity contribution is -0.407. The maximum Gasteiger partial charge on any atom is 0.364 e. The fraction of sp³-hybridized carbons (Fsp3) is 0.896. The Morgan fingerprint density at radius 2 is 0.755 bits per heavy atom. The molecule has 7 fully saturated rings. The van der Waals surface area contributed by atoms with Crippen molar-refractivity contribution in [3.05, 3.63) is 12.2 Å². The lowest BCUT2D eigenvalue weighted by Gasteiger charge is -2.53. The molecule has 4 amide bonds. The molecule has 0 bridgehead atoms. The normalized spacial score (nSPS) is 35.5. The summed E-state index contributed by atoms with van der Waals surface area (Å²) in [6.07, 6.45) is -47.6. The number of carboxylic acids is 3. The van der Waals surface area contributed by atoms with Crippen molar-refractivity contribution in [2.45, 2.75) is 485 Å². The highest BCUT2D eigenvalue weighted by atomic mass is 16.8. The highest BCUT2D eigenvalue weighted by molar-refractivity contribution is 5.79. The monoisotopic (exact) mass is 2130 g/mol. The van der Waals surface area contributed by atoms with E-state index in [1.807, 2.05) is 0 Å². The van der Waals surface area contributed by atoms with E-state index in [9.17, 15) is 166 Å². The van der Waals surface area contributed by atoms with Gasteiger partial charge < -0.3 is 220 Å². The van der Waals surface area contributed by atoms with Crippen molar-refractivity contribution in [3.63, 3.8) is 0 Å². The number of unbranched alkanes of at least 4 members (excludes halogenated alkanes) is 23. The van der Waals surface area contributed by atoms with Gasteiger partial charge in [0.15, 0.2) is 25.2 Å². The Kier molecular flexibility index (Phi) is 55.2. The molecule has 0 aromatic rings. The average Bonchev–Trinajstić information content (AvgIpc) is 0.739. The van der Waals surface area contributed by atoms with Gasteiger partial charge >= 0.3 is 17.9 Å². The van der Waals surface area contributed by atoms with Crippen molar-refractivity contribution in [3.8, 4) is 0 Å². The number of hydrogen-bond donors (Lipinski definition) is 29. The number of allylic oxidation sites excluding steroid dienone is 2. The van der Waals surface area contributed by atoms with E-state index in [4.69, 9.17) is 66.3 Å². The summed E-state index contributed by atoms with van der Waals surface area (Å²) in [6, 6.07) is -7.37. The van der Waals surface area contributed by atoms with Crippen LogP contribution in [0.15, 0.2) is 12.2 Å². The van der Waals surface area contributed by atoms with Gasteiger partial charge in [-0.05, 0) is 45.4 Å². The predicted molar refractivity (Wildman–Crippen MR) is 502 cm³/mol. The second-order valence-electron chi connectivity index (χ2n) is 39.5. The molecule has 29 N–H and O–H groups in total. The molecular weight excluding hydrogens is 1960 g/mol. The molecule has 7 heterocycles. The summed E-state index contributed by atoms with van der Waals surface area (Å²) in [5.41, 5.74) is 0. The molecule has 7 saturated heterocycles. The van der Waals surface area contributed by atoms with Crippen molar-refractivity contribution in [2.75, 3.05) is 52.9 Å². The number of carbonyl (C=O) groups excluding carboxylic acids is 5. The second-order valence-corrected chi connectivity index (χ2v) is 39.5. The molecule has 40 atom stereocenters. The van der Waals surface area contributed by atoms with E-state index in [0.29, 0.717) is 12.8 Å². The zero-order chi connectivity index (χ0) is 109. The van der Waals surface area contributed by atoms with Crippen molar-refractivity contribution in [1.29, 1.82) is 0 Å². The minimum Gasteiger partial charge on any atom is -0.477 e. The number of carboxylic acid groups (broad SMARTS) is 3. The number of nitrogens with one attached hydrogen (secondary N) is 4. The van der Waals surface area contributed by atoms with Gasteiger partial charge in [-0.3, -0.25) is 19.2 Å². The zero-order valence-corrected chi connectivity index (χ0v) is 84.5. The summed E-state index contributed by atoms with van der Waals surface area (Å²) in [5, 5.41) is 296. The standard InChI is InChI=1S/C96H166N4O47/c1-7-9-11-13-15-17-19-21-22-24-26-28-30-32-34-36-66(117)100-54(55(112)35-33-31-29-27-25-23-20-18-16-14-12-10-8-2)48-134-88-78(126)76(124)81(64(46-106)137-88)140-90-79(127)86(82(65(47-107)138-90)141-87-53(37-49(3)108)80(72(120)61(43-103)135-87)139-89-77(125)75(123)71(119)60(42-102)136-89)147-96(93(132)133)40-58(115)69(99-52(6)111)85(146-96)74(122)63(45-105)143-95(92(130)131)39-57(114)68(98-51(5)110)84(145-95)73(121)62(44-104)142-94(91(128)129)38-56(113)67(97-50(4)109)83(144-94)70(118)59(116)41-101/h21-22,53-65,67-90,101-107,112-116,118-127H,7-20,23-48H2,1-6H3,(H,97,109)(H,98,110)(H,99,111)(H,100,117)(H,128,129)(H,130,131)(H,132,133)/t53-,54+,55-,56+,57+,58+,59-,60-,61-,62-,63-,64-,65-,67-,68-,69-,70-,71+,72+,73-,74-,75+,76-,77-,78-,79-,80-,81-,82+,83?,84?,85?,86-,87+,88-,89+,90+,94-,95-,96+/m1/s1. The van der Waals surface area contributed by atoms with Crippen LogP contribution in [-0.4, -0.2) is 465 Å². The Morgan fingerprint density at radius 3 is 1.19 bits per heavy atom. The van der Waals surface area contributed by atoms with Crippen molar-refractivity contribution in [1.82, 2.24) is 21.3 Å². The number of ether oxygens (including phenoxy) is 14. The molecule has 51 nitrogen and oxygen atoms in total. The van der Waals surface area contributed by atoms with Crippen LogP contribution in [0.5, 0.6) is 0 Å². The maximum atomic E-state index is 14.7. The maximum absolute atomic E-state index is 14.7. The van der Waals surface area contributed by atoms with E-state index in [1.54, 1.807) is 0 Å². The quantitative estimate of drug-likeness (QED) is 0.0199. The lowest BCUT2D eigenvalue weighted by atomic mass is 9.86. The first kappa shape index (κ1) is 128. The van der Waals surface area contributed by atoms with Crippen LogP contribution >= 0.6 is 0 Å². The molecule has 0 aliphatic carbocycles. The van der Waals surface area contributed by atoms with Gasteiger partial charge in [0.05, 0.1) is 108 Å². The Bertz CT molecular complexity index is 3910. The largest absolute Gasteiger partial charge is 0.477 e. The van der Waals surface area contributed by atoms with Gasteiger partial charge in [0.25, 0.3) is 17.4 Å². The third-order valence-corrected chi connectivity index (χ3v) is 27.9. The van der Waals surface area contributed by atoms with Crippen molar-refractivity contribution < 1.29 is 232 Å². The fourth-order valence-electron chi connectivity index (χ4n) is 19.7. The number of carbonyl (C=O) groups is 8. The van der Waals surface area contributed by atoms with E-state index < -0.39 is 369 Å². The van der Waals surface area contributed by atoms with Gasteiger partial charge in [-0.15, -0.1) is 0 Å². The van der Waals surface area contributed by atoms with Gasteiger partial charge in [0.2, 0.25) is 23.6 Å². The molecule has 147 heavy (non-hydrogen) atoms. The third kappa shape index (κ3) is 36.2. The Hall–Kier alpha value is -5.74. The van der Waals surface area contributed by atoms with E-state index in [0.717, 1.165) is 111 Å². The highest BCUT2D eigenvalue weighted by Gasteiger charge is 2.66. The number of amides is 4. The Balaban J connectivity index is 1.24. The molecule has 7 aliphatic heterocycles. The first-order valence-electron chi connectivity index (χ1n) is 51.6. The van der Waals surface area contributed by atoms with Crippen LogP contribution in [0.1, 0.15) is 247 Å². The zero-order valence-electron chi connectivity index (χ0n) is 84.5. The number of ketones is 1. The number of aliphatic hydroxyl groups excluding tert-OH is 22. The molecule has 0 aromatic heterocycles. The lowest BCUT2D eigenvalue weighted by Crippen LogP contribution is -2.72. The second kappa shape index (κ2) is 63.3. The molecule has 0 aromatic carbocycles. The van der Waals surface area contributed by atoms with E-state index in [1.165, 1.54) is 70.6 Å². The van der Waals surface area contributed by atoms with E-state index in [2.05, 4.69) is 47.3 Å². The molecule has 0 spiro atoms. The smallest absolute Gasteiger partial charge is 0.364 e. The van der Waals surface area contributed by atoms with Gasteiger partial charge in [-0.25, -0.2) is 14.4 Å². The highest BCUT2D eigenvalue weighted by Crippen LogP contribution is 2.46. The van der Waals surface area contributed by atoms with Crippen molar-refractivity contribution in [2.24, 2.45) is 5.92 Å². The SMILES string of the molecule is CCCCCCCCC=CCCCCCCCC(=O)N[C@@H](CO[C@@H]1O[C@H](CO)[C@@H](O[C@@H]2O[C@H](CO)[C@H](O[C@@H]3O[C@H](CO)[C@H](O)[C@H](O[C@@H]4O[C@H](CO)[C@H](O)[C@H](O)[C@H]4O)[C@H]3CC(C)=O)[C@H](O[C@]3(C(=O)O)C[C@H](O)[C@@H](NC(C)=O)C([C@H](O)[C@@H](CO)O[C@]4(C(=O)O)C[C@H](O)[C@@H](NC(C)=O)C([C@H](O)[C@@H](CO)O[C@]5(C(=O)O)C[C@H](O)[C@@H](NC(C)=O)C([C@H](O)[C@H](O)CO)O5)O4)O3)[C@H]2O)[C@H](O)[C@H]1O)[C@H](O)CCCCCCCCCCCCCCC. The summed E-state index contributed by atoms with van der Waals surface area (Å²) in [6.45, 7) is -2.11. The van der Waals surface area contributed by atoms with Crippen LogP contribution in [0, 0.1) is 5.92 Å². The Morgan fingerprint density at radius 1 is 0.381 bits per heavy atom. The first-order valence-corrected chi connectivity index (χ1v) is 51.6. The number of aliphatic carboxylic acids is 3. The molecule has 0 radical (unpaired) electrons. The molecule has 51 heteroatoms. The van der Waals surface area contributed by atoms with Crippen LogP contribution in [0.3, 0.4) is 0 Å². The summed E-state index contributed by atoms with van der Waals surface area (Å²) in [7, 11) is 0. The number of aliphatic hydroxyl groups is 22. The minimum absolute atomic E-state index is 0.0660. The third-order valence-electron chi connectivity index (χ3n) is 27.9. The topological polar surface area (TPSA) is 820 Å². The van der Waals surface area contributed by atoms with Crippen LogP contribution in [0.4, 0.5) is 0 Å². The predicted octanol–water partition coefficient (Wildman–Crippen LogP) is -5.60. The number of Topliss-reactive ketones (excluding diaryl/α,β-unsaturated/α-hetero) is 1. The average molecular weight is 2130 g/mol. The molecule has 0 saturated carbocycles. The Labute approximate surface area is 853 Å². The molecule has 7 aliphatic rings. The molecule has 7 rings (SSSR count). The first-order chi connectivity index (χ1) is 69.9. The number of rotatable bonds is 67. The summed E-state index contributed by atoms with van der Waals surface area (Å²) in [5.74, 6) is -24.2. The fourth-order valence-corrected chi connectivity index (χ4v) is 19.7. The summed E-state index contributed by atoms with van der Waals surface area (Å²) in [4.78, 5) is 108. The molecular formula is C96H166N4O47. The summed E-state index contributed by atoms with van der Waals surface area (Å²) >= 11 is 0. The van der Waals surface area contributed by atoms with Crippen LogP contribution in [-0.2, 0) is 105 Å². The minimum atomic E-state index is -3.81. The molecule has 852 valence electrons. The van der Waals surface area contributed by atoms with E-state index >= 15 is 0 Å². The van der Waals surface area contributed by atoms with Crippen LogP contribution < -0.4 is 21.3 Å². The molecule has 3 unspecified atom stereocenters. The van der Waals surface area contributed by atoms with Crippen molar-refractivity contribution >= 4 is 47.3 Å². The van der Waals surface area contributed by atoms with E-state index in [-0.39, 0.29) is 12.8 Å². The van der Waals surface area contributed by atoms with Gasteiger partial charge in [0, 0.05) is 58.8 Å². The van der Waals surface area contributed by atoms with Crippen LogP contribution in [0.2, 0.25) is 0 Å². The van der Waals surface area contributed by atoms with Gasteiger partial charge in [-0.2, -0.15) is 0 Å². The van der Waals surface area contributed by atoms with Gasteiger partial charge in [-0.1, -0.05) is 161 Å².